The van der Waals surface area contributed by atoms with Crippen LogP contribution in [-0.2, 0) is 31.4 Å². The quantitative estimate of drug-likeness (QED) is 0.129. The fourth-order valence-corrected chi connectivity index (χ4v) is 5.65. The minimum absolute atomic E-state index is 0. The second-order valence-corrected chi connectivity index (χ2v) is 12.1. The van der Waals surface area contributed by atoms with Crippen molar-refractivity contribution < 1.29 is 25.8 Å². The molecule has 7 rings (SSSR count). The first-order valence-electron chi connectivity index (χ1n) is 15.6. The molecule has 0 aliphatic rings. The molecule has 0 fully saturated rings. The van der Waals surface area contributed by atoms with Crippen molar-refractivity contribution in [3.8, 4) is 5.69 Å². The number of benzene rings is 6. The molecule has 1 heterocycles. The Labute approximate surface area is 299 Å². The maximum absolute atomic E-state index is 5.23. The topological polar surface area (TPSA) is 31.9 Å². The second-order valence-electron chi connectivity index (χ2n) is 12.1. The number of hydrogen-bond acceptors (Lipinski definition) is 1. The van der Waals surface area contributed by atoms with Crippen molar-refractivity contribution in [3.63, 3.8) is 0 Å². The summed E-state index contributed by atoms with van der Waals surface area (Å²) in [5.41, 5.74) is 9.34. The molecule has 6 aromatic carbocycles. The molecule has 0 saturated heterocycles. The summed E-state index contributed by atoms with van der Waals surface area (Å²) in [7, 11) is 0. The van der Waals surface area contributed by atoms with Gasteiger partial charge in [-0.2, -0.15) is 72.5 Å². The Balaban J connectivity index is 0.000000275. The molecule has 0 radical (unpaired) electrons. The maximum Gasteiger partial charge on any atom is 0.0718 e. The second kappa shape index (κ2) is 15.8. The summed E-state index contributed by atoms with van der Waals surface area (Å²) in [6.45, 7) is 18.1. The van der Waals surface area contributed by atoms with Crippen LogP contribution in [0.3, 0.4) is 0 Å². The Morgan fingerprint density at radius 2 is 1.17 bits per heavy atom. The molecule has 0 spiro atoms. The molecule has 0 bridgehead atoms. The summed E-state index contributed by atoms with van der Waals surface area (Å²) < 4.78 is 2.03. The van der Waals surface area contributed by atoms with E-state index < -0.39 is 5.54 Å². The zero-order valence-electron chi connectivity index (χ0n) is 28.0. The molecule has 3 nitrogen and oxygen atoms in total. The standard InChI is InChI=1S/C29H27N3.2C7H7.Hf/c1-19-17-20(2)27(21(3)18-19)30-29(4,5)28-24-14-8-9-15-26(24)32(31-28)25-16-10-12-22-11-6-7-13-23(22)25;2*1-7-5-3-2-4-6-7;/h6-15,17-18H,1-5H3;2*2-6H,1H2;/q-2;2*-1;. The molecule has 0 atom stereocenters. The summed E-state index contributed by atoms with van der Waals surface area (Å²) >= 11 is 0. The van der Waals surface area contributed by atoms with Crippen molar-refractivity contribution in [2.45, 2.75) is 40.2 Å². The predicted octanol–water partition coefficient (Wildman–Crippen LogP) is 11.6. The first-order valence-corrected chi connectivity index (χ1v) is 15.6. The van der Waals surface area contributed by atoms with Gasteiger partial charge in [0.1, 0.15) is 0 Å². The first kappa shape index (κ1) is 35.3. The van der Waals surface area contributed by atoms with E-state index in [9.17, 15) is 0 Å². The van der Waals surface area contributed by atoms with Gasteiger partial charge in [-0.1, -0.05) is 96.7 Å². The number of fused-ring (bicyclic) bond motifs is 2. The molecule has 0 amide bonds. The third-order valence-electron chi connectivity index (χ3n) is 7.79. The van der Waals surface area contributed by atoms with Crippen LogP contribution in [0.2, 0.25) is 0 Å². The predicted molar refractivity (Wildman–Crippen MR) is 196 cm³/mol. The van der Waals surface area contributed by atoms with Crippen LogP contribution < -0.4 is 0 Å². The molecule has 0 unspecified atom stereocenters. The third kappa shape index (κ3) is 8.64. The van der Waals surface area contributed by atoms with E-state index in [0.29, 0.717) is 0 Å². The van der Waals surface area contributed by atoms with Crippen LogP contribution in [0.15, 0.2) is 133 Å². The van der Waals surface area contributed by atoms with Crippen LogP contribution in [0, 0.1) is 40.7 Å². The number of aromatic nitrogens is 2. The summed E-state index contributed by atoms with van der Waals surface area (Å²) in [5, 5.41) is 13.8. The van der Waals surface area contributed by atoms with Gasteiger partial charge in [0.2, 0.25) is 0 Å². The van der Waals surface area contributed by atoms with Gasteiger partial charge in [-0.05, 0) is 32.5 Å². The van der Waals surface area contributed by atoms with Gasteiger partial charge < -0.3 is 5.32 Å². The van der Waals surface area contributed by atoms with E-state index in [4.69, 9.17) is 10.4 Å². The van der Waals surface area contributed by atoms with Gasteiger partial charge >= 0.3 is 0 Å². The molecular formula is C43H41HfN3-4. The van der Waals surface area contributed by atoms with Crippen molar-refractivity contribution in [1.82, 2.24) is 9.78 Å². The molecule has 7 aromatic rings. The van der Waals surface area contributed by atoms with E-state index in [1.165, 1.54) is 22.1 Å². The summed E-state index contributed by atoms with van der Waals surface area (Å²) in [6, 6.07) is 48.4. The number of nitrogens with zero attached hydrogens (tertiary/aromatic N) is 3. The maximum atomic E-state index is 5.23. The van der Waals surface area contributed by atoms with Crippen LogP contribution in [0.25, 0.3) is 32.7 Å². The third-order valence-corrected chi connectivity index (χ3v) is 7.79. The van der Waals surface area contributed by atoms with E-state index in [1.807, 2.05) is 71.4 Å². The van der Waals surface area contributed by atoms with Gasteiger partial charge in [0.25, 0.3) is 0 Å². The Hall–Kier alpha value is -4.54. The van der Waals surface area contributed by atoms with Gasteiger partial charge in [0.15, 0.2) is 0 Å². The van der Waals surface area contributed by atoms with E-state index in [2.05, 4.69) is 121 Å². The number of rotatable bonds is 4. The van der Waals surface area contributed by atoms with Gasteiger partial charge in [-0.25, -0.2) is 0 Å². The van der Waals surface area contributed by atoms with E-state index in [-0.39, 0.29) is 25.8 Å². The van der Waals surface area contributed by atoms with Crippen LogP contribution in [-0.4, -0.2) is 9.78 Å². The van der Waals surface area contributed by atoms with Crippen LogP contribution in [0.5, 0.6) is 0 Å². The average Bonchev–Trinajstić information content (AvgIpc) is 3.45. The summed E-state index contributed by atoms with van der Waals surface area (Å²) in [6.07, 6.45) is 0. The molecule has 4 heteroatoms. The number of hydrogen-bond donors (Lipinski definition) is 0. The summed E-state index contributed by atoms with van der Waals surface area (Å²) in [5.74, 6) is 0. The van der Waals surface area contributed by atoms with Crippen LogP contribution in [0.1, 0.15) is 47.4 Å². The van der Waals surface area contributed by atoms with E-state index in [0.717, 1.165) is 44.5 Å². The zero-order chi connectivity index (χ0) is 32.7. The Kier molecular flexibility index (Phi) is 11.9. The van der Waals surface area contributed by atoms with E-state index in [1.54, 1.807) is 0 Å². The molecule has 0 N–H and O–H groups in total. The Bertz CT molecular complexity index is 1980. The van der Waals surface area contributed by atoms with Crippen molar-refractivity contribution in [3.05, 3.63) is 192 Å². The minimum Gasteiger partial charge on any atom is -0.674 e. The SMILES string of the molecule is Cc1cc(C)c([N-]C(C)(C)c2nn(-c3[c-]ccc4ccccc34)c3ccccc23)c(C)c1.[CH2-]c1ccccc1.[CH2-]c1ccccc1.[Hf]. The number of para-hydroxylation sites is 1. The van der Waals surface area contributed by atoms with Crippen molar-refractivity contribution in [2.24, 2.45) is 0 Å². The zero-order valence-corrected chi connectivity index (χ0v) is 31.6. The molecule has 0 saturated carbocycles. The fraction of sp³-hybridized carbons (Fsp3) is 0.140. The molecule has 47 heavy (non-hydrogen) atoms. The Morgan fingerprint density at radius 1 is 0.660 bits per heavy atom. The number of aryl methyl sites for hydroxylation is 3. The molecule has 0 aliphatic heterocycles. The summed E-state index contributed by atoms with van der Waals surface area (Å²) in [4.78, 5) is 0. The van der Waals surface area contributed by atoms with Crippen molar-refractivity contribution in [1.29, 1.82) is 0 Å². The first-order chi connectivity index (χ1) is 22.1. The van der Waals surface area contributed by atoms with Crippen LogP contribution >= 0.6 is 0 Å². The van der Waals surface area contributed by atoms with Gasteiger partial charge in [0, 0.05) is 31.2 Å². The smallest absolute Gasteiger partial charge is 0.0718 e. The van der Waals surface area contributed by atoms with Gasteiger partial charge in [-0.15, -0.1) is 46.8 Å². The molecular weight excluding hydrogens is 737 g/mol. The van der Waals surface area contributed by atoms with Gasteiger partial charge in [-0.3, -0.25) is 4.68 Å². The van der Waals surface area contributed by atoms with E-state index >= 15 is 0 Å². The normalized spacial score (nSPS) is 10.7. The minimum atomic E-state index is -0.500. The monoisotopic (exact) mass is 779 g/mol. The van der Waals surface area contributed by atoms with Crippen molar-refractivity contribution >= 4 is 27.4 Å². The average molecular weight is 778 g/mol. The fourth-order valence-electron chi connectivity index (χ4n) is 5.65. The Morgan fingerprint density at radius 3 is 1.72 bits per heavy atom. The van der Waals surface area contributed by atoms with Crippen molar-refractivity contribution in [2.75, 3.05) is 0 Å². The van der Waals surface area contributed by atoms with Gasteiger partial charge in [0.05, 0.1) is 11.2 Å². The largest absolute Gasteiger partial charge is 0.674 e. The van der Waals surface area contributed by atoms with Crippen LogP contribution in [0.4, 0.5) is 5.69 Å². The molecule has 1 aromatic heterocycles. The molecule has 236 valence electrons. The molecule has 0 aliphatic carbocycles.